The lowest BCUT2D eigenvalue weighted by atomic mass is 10.2. The summed E-state index contributed by atoms with van der Waals surface area (Å²) in [5, 5.41) is 12.3. The number of hydrogen-bond donors (Lipinski definition) is 0. The summed E-state index contributed by atoms with van der Waals surface area (Å²) in [5.41, 5.74) is 1.92. The Morgan fingerprint density at radius 2 is 1.86 bits per heavy atom. The predicted octanol–water partition coefficient (Wildman–Crippen LogP) is 2.91. The average Bonchev–Trinajstić information content (AvgIpc) is 2.76. The zero-order valence-electron chi connectivity index (χ0n) is 17.0. The van der Waals surface area contributed by atoms with E-state index < -0.39 is 0 Å². The van der Waals surface area contributed by atoms with E-state index >= 15 is 0 Å². The molecule has 0 radical (unpaired) electrons. The van der Waals surface area contributed by atoms with Crippen molar-refractivity contribution in [2.24, 2.45) is 5.16 Å². The molecule has 2 heterocycles. The van der Waals surface area contributed by atoms with Gasteiger partial charge in [0.15, 0.2) is 5.82 Å². The minimum atomic E-state index is 0.410. The summed E-state index contributed by atoms with van der Waals surface area (Å²) in [6.45, 7) is 11.7. The lowest BCUT2D eigenvalue weighted by molar-refractivity contribution is 0.176. The number of ether oxygens (including phenoxy) is 1. The second-order valence-electron chi connectivity index (χ2n) is 6.95. The zero-order valence-corrected chi connectivity index (χ0v) is 17.0. The van der Waals surface area contributed by atoms with E-state index in [9.17, 15) is 0 Å². The average molecular weight is 396 g/mol. The largest absolute Gasteiger partial charge is 0.494 e. The summed E-state index contributed by atoms with van der Waals surface area (Å²) in [6.07, 6.45) is 4.34. The van der Waals surface area contributed by atoms with Gasteiger partial charge in [-0.2, -0.15) is 5.10 Å². The van der Waals surface area contributed by atoms with Crippen LogP contribution in [0.15, 0.2) is 54.2 Å². The van der Waals surface area contributed by atoms with Crippen LogP contribution in [0.2, 0.25) is 0 Å². The quantitative estimate of drug-likeness (QED) is 0.267. The van der Waals surface area contributed by atoms with Crippen LogP contribution in [0.4, 0.5) is 5.82 Å². The molecule has 2 aromatic rings. The Hall–Kier alpha value is -2.93. The number of rotatable bonds is 10. The maximum Gasteiger partial charge on any atom is 0.151 e. The Balaban J connectivity index is 1.31. The number of aromatic nitrogens is 2. The highest BCUT2D eigenvalue weighted by molar-refractivity contribution is 5.79. The molecule has 0 bridgehead atoms. The Morgan fingerprint density at radius 1 is 1.07 bits per heavy atom. The Kier molecular flexibility index (Phi) is 8.01. The SMILES string of the molecule is C=CCO/N=C/c1ccc(OCCCN2CCN(c3ccc(C)nn3)CC2)cc1. The van der Waals surface area contributed by atoms with Crippen LogP contribution in [0, 0.1) is 6.92 Å². The molecule has 1 saturated heterocycles. The first-order chi connectivity index (χ1) is 14.2. The van der Waals surface area contributed by atoms with Crippen LogP contribution in [0.3, 0.4) is 0 Å². The molecule has 0 aliphatic carbocycles. The number of anilines is 1. The molecule has 1 aliphatic heterocycles. The summed E-state index contributed by atoms with van der Waals surface area (Å²) in [5.74, 6) is 1.84. The van der Waals surface area contributed by atoms with Crippen LogP contribution in [-0.2, 0) is 4.84 Å². The molecule has 29 heavy (non-hydrogen) atoms. The number of oxime groups is 1. The van der Waals surface area contributed by atoms with E-state index in [0.29, 0.717) is 13.2 Å². The van der Waals surface area contributed by atoms with Crippen molar-refractivity contribution in [1.82, 2.24) is 15.1 Å². The second-order valence-corrected chi connectivity index (χ2v) is 6.95. The number of aryl methyl sites for hydroxylation is 1. The van der Waals surface area contributed by atoms with Crippen molar-refractivity contribution in [1.29, 1.82) is 0 Å². The monoisotopic (exact) mass is 395 g/mol. The minimum absolute atomic E-state index is 0.410. The lowest BCUT2D eigenvalue weighted by Crippen LogP contribution is -2.47. The summed E-state index contributed by atoms with van der Waals surface area (Å²) < 4.78 is 5.85. The molecule has 0 spiro atoms. The van der Waals surface area contributed by atoms with Crippen molar-refractivity contribution in [3.8, 4) is 5.75 Å². The van der Waals surface area contributed by atoms with Crippen molar-refractivity contribution < 1.29 is 9.57 Å². The number of nitrogens with zero attached hydrogens (tertiary/aromatic N) is 5. The van der Waals surface area contributed by atoms with Crippen molar-refractivity contribution in [2.45, 2.75) is 13.3 Å². The maximum absolute atomic E-state index is 5.85. The smallest absolute Gasteiger partial charge is 0.151 e. The van der Waals surface area contributed by atoms with Gasteiger partial charge < -0.3 is 14.5 Å². The molecule has 1 aliphatic rings. The van der Waals surface area contributed by atoms with E-state index in [1.165, 1.54) is 0 Å². The third-order valence-electron chi connectivity index (χ3n) is 4.72. The number of benzene rings is 1. The minimum Gasteiger partial charge on any atom is -0.494 e. The molecule has 154 valence electrons. The maximum atomic E-state index is 5.85. The first-order valence-electron chi connectivity index (χ1n) is 10.0. The van der Waals surface area contributed by atoms with Gasteiger partial charge in [0.25, 0.3) is 0 Å². The standard InChI is InChI=1S/C22H29N5O2/c1-3-16-29-23-18-20-6-8-21(9-7-20)28-17-4-11-26-12-14-27(15-13-26)22-10-5-19(2)24-25-22/h3,5-10,18H,1,4,11-17H2,2H3/b23-18+. The Bertz CT molecular complexity index is 769. The van der Waals surface area contributed by atoms with Crippen molar-refractivity contribution >= 4 is 12.0 Å². The van der Waals surface area contributed by atoms with Crippen LogP contribution in [0.25, 0.3) is 0 Å². The molecule has 3 rings (SSSR count). The van der Waals surface area contributed by atoms with Gasteiger partial charge in [-0.15, -0.1) is 5.10 Å². The van der Waals surface area contributed by atoms with Crippen LogP contribution in [0.1, 0.15) is 17.7 Å². The Labute approximate surface area is 172 Å². The van der Waals surface area contributed by atoms with E-state index in [4.69, 9.17) is 9.57 Å². The van der Waals surface area contributed by atoms with Gasteiger partial charge >= 0.3 is 0 Å². The zero-order chi connectivity index (χ0) is 20.3. The third kappa shape index (κ3) is 6.87. The normalized spacial score (nSPS) is 14.9. The van der Waals surface area contributed by atoms with E-state index in [1.54, 1.807) is 12.3 Å². The molecule has 1 aromatic carbocycles. The highest BCUT2D eigenvalue weighted by Gasteiger charge is 2.17. The van der Waals surface area contributed by atoms with Crippen molar-refractivity contribution in [3.63, 3.8) is 0 Å². The molecule has 1 fully saturated rings. The van der Waals surface area contributed by atoms with E-state index in [1.807, 2.05) is 37.3 Å². The van der Waals surface area contributed by atoms with Crippen LogP contribution < -0.4 is 9.64 Å². The van der Waals surface area contributed by atoms with E-state index in [0.717, 1.165) is 62.0 Å². The van der Waals surface area contributed by atoms with Gasteiger partial charge in [0.05, 0.1) is 18.5 Å². The van der Waals surface area contributed by atoms with Gasteiger partial charge in [-0.05, 0) is 55.3 Å². The molecule has 1 aromatic heterocycles. The molecular weight excluding hydrogens is 366 g/mol. The lowest BCUT2D eigenvalue weighted by Gasteiger charge is -2.35. The molecule has 0 atom stereocenters. The van der Waals surface area contributed by atoms with Gasteiger partial charge in [-0.1, -0.05) is 17.8 Å². The number of hydrogen-bond acceptors (Lipinski definition) is 7. The molecule has 0 N–H and O–H groups in total. The van der Waals surface area contributed by atoms with E-state index in [2.05, 4.69) is 37.8 Å². The predicted molar refractivity (Wildman–Crippen MR) is 116 cm³/mol. The second kappa shape index (κ2) is 11.2. The highest BCUT2D eigenvalue weighted by atomic mass is 16.6. The number of piperazine rings is 1. The van der Waals surface area contributed by atoms with E-state index in [-0.39, 0.29) is 0 Å². The molecule has 7 nitrogen and oxygen atoms in total. The summed E-state index contributed by atoms with van der Waals surface area (Å²) >= 11 is 0. The van der Waals surface area contributed by atoms with Crippen LogP contribution in [-0.4, -0.2) is 67.2 Å². The summed E-state index contributed by atoms with van der Waals surface area (Å²) in [6, 6.07) is 11.9. The fourth-order valence-corrected chi connectivity index (χ4v) is 3.08. The van der Waals surface area contributed by atoms with Gasteiger partial charge in [-0.3, -0.25) is 4.90 Å². The summed E-state index contributed by atoms with van der Waals surface area (Å²) in [4.78, 5) is 9.77. The van der Waals surface area contributed by atoms with Crippen LogP contribution in [0.5, 0.6) is 5.75 Å². The van der Waals surface area contributed by atoms with Gasteiger partial charge in [0.1, 0.15) is 12.4 Å². The molecule has 0 saturated carbocycles. The summed E-state index contributed by atoms with van der Waals surface area (Å²) in [7, 11) is 0. The highest BCUT2D eigenvalue weighted by Crippen LogP contribution is 2.14. The first-order valence-corrected chi connectivity index (χ1v) is 10.0. The molecule has 7 heteroatoms. The molecular formula is C22H29N5O2. The third-order valence-corrected chi connectivity index (χ3v) is 4.72. The van der Waals surface area contributed by atoms with Gasteiger partial charge in [0.2, 0.25) is 0 Å². The molecule has 0 amide bonds. The fraction of sp³-hybridized carbons (Fsp3) is 0.409. The Morgan fingerprint density at radius 3 is 2.55 bits per heavy atom. The van der Waals surface area contributed by atoms with Gasteiger partial charge in [0, 0.05) is 32.7 Å². The molecule has 0 unspecified atom stereocenters. The topological polar surface area (TPSA) is 63.1 Å². The fourth-order valence-electron chi connectivity index (χ4n) is 3.08. The first kappa shape index (κ1) is 20.8. The van der Waals surface area contributed by atoms with Gasteiger partial charge in [-0.25, -0.2) is 0 Å². The van der Waals surface area contributed by atoms with Crippen LogP contribution >= 0.6 is 0 Å². The van der Waals surface area contributed by atoms with Crippen molar-refractivity contribution in [3.05, 3.63) is 60.3 Å². The van der Waals surface area contributed by atoms with Crippen molar-refractivity contribution in [2.75, 3.05) is 50.8 Å².